The Bertz CT molecular complexity index is 623. The van der Waals surface area contributed by atoms with Crippen LogP contribution < -0.4 is 10.6 Å². The Kier molecular flexibility index (Phi) is 5.77. The zero-order valence-corrected chi connectivity index (χ0v) is 13.2. The maximum atomic E-state index is 11.0. The Morgan fingerprint density at radius 2 is 1.80 bits per heavy atom. The summed E-state index contributed by atoms with van der Waals surface area (Å²) in [7, 11) is 0. The second-order valence-corrected chi connectivity index (χ2v) is 5.72. The number of carbonyl (C=O) groups is 2. The lowest BCUT2D eigenvalue weighted by Crippen LogP contribution is -2.50. The molecule has 2 aliphatic rings. The molecule has 1 aromatic heterocycles. The second kappa shape index (κ2) is 7.64. The van der Waals surface area contributed by atoms with E-state index in [0.717, 1.165) is 19.6 Å². The molecule has 3 rings (SSSR count). The van der Waals surface area contributed by atoms with Crippen LogP contribution in [0.1, 0.15) is 23.2 Å². The van der Waals surface area contributed by atoms with E-state index in [1.807, 2.05) is 0 Å². The van der Waals surface area contributed by atoms with Gasteiger partial charge in [-0.15, -0.1) is 0 Å². The molecule has 3 heterocycles. The highest BCUT2D eigenvalue weighted by Crippen LogP contribution is 2.23. The van der Waals surface area contributed by atoms with Crippen molar-refractivity contribution in [2.45, 2.75) is 25.1 Å². The standard InChI is InChI=1S/C12H17N5O.C2HF3O2/c13-11(18)9-6-14-12(15-7-9)17-5-4-16-3-1-2-10(16)8-17;3-2(4,5)1(6)7/h6-7,10H,1-5,8H2,(H2,13,18);(H,6,7). The van der Waals surface area contributed by atoms with Gasteiger partial charge in [0, 0.05) is 38.1 Å². The number of carboxylic acids is 1. The highest BCUT2D eigenvalue weighted by Gasteiger charge is 2.38. The number of primary amides is 1. The molecular formula is C14H18F3N5O3. The lowest BCUT2D eigenvalue weighted by molar-refractivity contribution is -0.192. The van der Waals surface area contributed by atoms with Gasteiger partial charge in [0.2, 0.25) is 5.95 Å². The number of alkyl halides is 3. The second-order valence-electron chi connectivity index (χ2n) is 5.72. The van der Waals surface area contributed by atoms with Gasteiger partial charge in [0.15, 0.2) is 0 Å². The lowest BCUT2D eigenvalue weighted by Gasteiger charge is -2.37. The van der Waals surface area contributed by atoms with Crippen LogP contribution in [0.25, 0.3) is 0 Å². The van der Waals surface area contributed by atoms with Crippen LogP contribution in [-0.4, -0.2) is 70.2 Å². The van der Waals surface area contributed by atoms with Crippen LogP contribution in [-0.2, 0) is 4.79 Å². The fraction of sp³-hybridized carbons (Fsp3) is 0.571. The molecule has 0 saturated carbocycles. The van der Waals surface area contributed by atoms with Crippen molar-refractivity contribution < 1.29 is 27.9 Å². The summed E-state index contributed by atoms with van der Waals surface area (Å²) in [6.07, 6.45) is 0.479. The van der Waals surface area contributed by atoms with E-state index in [2.05, 4.69) is 19.8 Å². The topological polar surface area (TPSA) is 113 Å². The number of rotatable bonds is 2. The monoisotopic (exact) mass is 361 g/mol. The normalized spacial score (nSPS) is 20.4. The van der Waals surface area contributed by atoms with Crippen LogP contribution >= 0.6 is 0 Å². The molecule has 11 heteroatoms. The van der Waals surface area contributed by atoms with Gasteiger partial charge < -0.3 is 15.7 Å². The van der Waals surface area contributed by atoms with Gasteiger partial charge in [-0.3, -0.25) is 9.69 Å². The van der Waals surface area contributed by atoms with E-state index in [4.69, 9.17) is 15.6 Å². The molecule has 0 bridgehead atoms. The number of fused-ring (bicyclic) bond motifs is 1. The molecule has 0 spiro atoms. The average Bonchev–Trinajstić information content (AvgIpc) is 3.02. The first-order valence-corrected chi connectivity index (χ1v) is 7.59. The van der Waals surface area contributed by atoms with E-state index < -0.39 is 18.1 Å². The van der Waals surface area contributed by atoms with Gasteiger partial charge in [-0.05, 0) is 19.4 Å². The van der Waals surface area contributed by atoms with Gasteiger partial charge in [0.05, 0.1) is 5.56 Å². The number of aromatic nitrogens is 2. The van der Waals surface area contributed by atoms with E-state index in [1.54, 1.807) is 0 Å². The first kappa shape index (κ1) is 18.9. The summed E-state index contributed by atoms with van der Waals surface area (Å²) in [4.78, 5) is 33.1. The number of carbonyl (C=O) groups excluding carboxylic acids is 1. The number of anilines is 1. The SMILES string of the molecule is NC(=O)c1cnc(N2CCN3CCCC3C2)nc1.O=C(O)C(F)(F)F. The summed E-state index contributed by atoms with van der Waals surface area (Å²) >= 11 is 0. The molecule has 2 fully saturated rings. The molecule has 1 unspecified atom stereocenters. The number of hydrogen-bond acceptors (Lipinski definition) is 6. The van der Waals surface area contributed by atoms with Crippen molar-refractivity contribution in [2.24, 2.45) is 5.73 Å². The zero-order valence-electron chi connectivity index (χ0n) is 13.2. The third kappa shape index (κ3) is 5.02. The van der Waals surface area contributed by atoms with Crippen LogP contribution in [0.3, 0.4) is 0 Å². The number of piperazine rings is 1. The first-order chi connectivity index (χ1) is 11.7. The van der Waals surface area contributed by atoms with Crippen molar-refractivity contribution in [3.8, 4) is 0 Å². The molecular weight excluding hydrogens is 343 g/mol. The van der Waals surface area contributed by atoms with Crippen LogP contribution in [0.5, 0.6) is 0 Å². The number of nitrogens with two attached hydrogens (primary N) is 1. The Balaban J connectivity index is 0.000000277. The third-order valence-corrected chi connectivity index (χ3v) is 4.04. The van der Waals surface area contributed by atoms with Gasteiger partial charge in [0.25, 0.3) is 5.91 Å². The molecule has 1 amide bonds. The molecule has 1 aromatic rings. The van der Waals surface area contributed by atoms with Crippen molar-refractivity contribution in [1.29, 1.82) is 0 Å². The molecule has 2 saturated heterocycles. The van der Waals surface area contributed by atoms with Crippen molar-refractivity contribution in [3.05, 3.63) is 18.0 Å². The minimum absolute atomic E-state index is 0.359. The molecule has 2 aliphatic heterocycles. The number of carboxylic acid groups (broad SMARTS) is 1. The maximum Gasteiger partial charge on any atom is 0.490 e. The number of aliphatic carboxylic acids is 1. The molecule has 138 valence electrons. The summed E-state index contributed by atoms with van der Waals surface area (Å²) in [5.41, 5.74) is 5.53. The Morgan fingerprint density at radius 1 is 1.20 bits per heavy atom. The van der Waals surface area contributed by atoms with Crippen molar-refractivity contribution >= 4 is 17.8 Å². The van der Waals surface area contributed by atoms with E-state index in [0.29, 0.717) is 17.6 Å². The highest BCUT2D eigenvalue weighted by atomic mass is 19.4. The number of halogens is 3. The third-order valence-electron chi connectivity index (χ3n) is 4.04. The van der Waals surface area contributed by atoms with Gasteiger partial charge in [0.1, 0.15) is 0 Å². The van der Waals surface area contributed by atoms with Crippen LogP contribution in [0.2, 0.25) is 0 Å². The molecule has 0 aromatic carbocycles. The quantitative estimate of drug-likeness (QED) is 0.788. The summed E-state index contributed by atoms with van der Waals surface area (Å²) in [6.45, 7) is 4.23. The number of hydrogen-bond donors (Lipinski definition) is 2. The van der Waals surface area contributed by atoms with Crippen molar-refractivity contribution in [2.75, 3.05) is 31.1 Å². The van der Waals surface area contributed by atoms with E-state index in [1.165, 1.54) is 31.8 Å². The summed E-state index contributed by atoms with van der Waals surface area (Å²) in [6, 6.07) is 0.637. The molecule has 8 nitrogen and oxygen atoms in total. The highest BCUT2D eigenvalue weighted by molar-refractivity contribution is 5.92. The molecule has 1 atom stereocenters. The summed E-state index contributed by atoms with van der Waals surface area (Å²) in [5.74, 6) is -2.54. The Hall–Kier alpha value is -2.43. The summed E-state index contributed by atoms with van der Waals surface area (Å²) in [5, 5.41) is 7.12. The minimum atomic E-state index is -5.08. The van der Waals surface area contributed by atoms with Crippen LogP contribution in [0.4, 0.5) is 19.1 Å². The van der Waals surface area contributed by atoms with Gasteiger partial charge in [-0.1, -0.05) is 0 Å². The Morgan fingerprint density at radius 3 is 2.32 bits per heavy atom. The van der Waals surface area contributed by atoms with Crippen molar-refractivity contribution in [1.82, 2.24) is 14.9 Å². The molecule has 25 heavy (non-hydrogen) atoms. The largest absolute Gasteiger partial charge is 0.490 e. The predicted molar refractivity (Wildman–Crippen MR) is 81.0 cm³/mol. The van der Waals surface area contributed by atoms with Crippen LogP contribution in [0.15, 0.2) is 12.4 Å². The van der Waals surface area contributed by atoms with Crippen molar-refractivity contribution in [3.63, 3.8) is 0 Å². The van der Waals surface area contributed by atoms with E-state index >= 15 is 0 Å². The number of nitrogens with zero attached hydrogens (tertiary/aromatic N) is 4. The lowest BCUT2D eigenvalue weighted by atomic mass is 10.1. The Labute approximate surface area is 141 Å². The first-order valence-electron chi connectivity index (χ1n) is 7.59. The van der Waals surface area contributed by atoms with Crippen LogP contribution in [0, 0.1) is 0 Å². The smallest absolute Gasteiger partial charge is 0.475 e. The van der Waals surface area contributed by atoms with E-state index in [-0.39, 0.29) is 0 Å². The predicted octanol–water partition coefficient (Wildman–Crippen LogP) is 0.493. The average molecular weight is 361 g/mol. The number of amides is 1. The molecule has 0 radical (unpaired) electrons. The summed E-state index contributed by atoms with van der Waals surface area (Å²) < 4.78 is 31.7. The van der Waals surface area contributed by atoms with Gasteiger partial charge in [-0.2, -0.15) is 13.2 Å². The zero-order chi connectivity index (χ0) is 18.6. The molecule has 3 N–H and O–H groups in total. The van der Waals surface area contributed by atoms with Gasteiger partial charge in [-0.25, -0.2) is 14.8 Å². The maximum absolute atomic E-state index is 11.0. The minimum Gasteiger partial charge on any atom is -0.475 e. The molecule has 0 aliphatic carbocycles. The fourth-order valence-electron chi connectivity index (χ4n) is 2.78. The van der Waals surface area contributed by atoms with E-state index in [9.17, 15) is 18.0 Å². The fourth-order valence-corrected chi connectivity index (χ4v) is 2.78. The van der Waals surface area contributed by atoms with Gasteiger partial charge >= 0.3 is 12.1 Å².